The first kappa shape index (κ1) is 10.4. The fourth-order valence-electron chi connectivity index (χ4n) is 1.08. The number of H-pyrrole nitrogens is 1. The minimum absolute atomic E-state index is 0.230. The lowest BCUT2D eigenvalue weighted by Gasteiger charge is -1.90. The normalized spacial score (nSPS) is 9.62. The zero-order valence-corrected chi connectivity index (χ0v) is 8.87. The van der Waals surface area contributed by atoms with Crippen LogP contribution in [0.2, 0.25) is 5.15 Å². The number of hydrogen-bond acceptors (Lipinski definition) is 5. The standard InChI is InChI=1S/C9H5ClN4O2/c1-16-6(15)3-2-5-7-8(10)11-4-12-9(7)14-13-5/h4H,1H3,(H,11,12,13,14). The number of hydrogen-bond donors (Lipinski definition) is 1. The summed E-state index contributed by atoms with van der Waals surface area (Å²) in [5, 5.41) is 7.20. The van der Waals surface area contributed by atoms with E-state index in [1.165, 1.54) is 13.4 Å². The maximum atomic E-state index is 10.8. The van der Waals surface area contributed by atoms with E-state index in [1.54, 1.807) is 0 Å². The van der Waals surface area contributed by atoms with Crippen LogP contribution < -0.4 is 0 Å². The van der Waals surface area contributed by atoms with Crippen molar-refractivity contribution in [3.63, 3.8) is 0 Å². The molecule has 0 bridgehead atoms. The average molecular weight is 237 g/mol. The van der Waals surface area contributed by atoms with Crippen LogP contribution in [0.15, 0.2) is 6.33 Å². The second-order valence-corrected chi connectivity index (χ2v) is 3.06. The number of nitrogens with one attached hydrogen (secondary N) is 1. The molecule has 0 radical (unpaired) electrons. The molecule has 0 amide bonds. The van der Waals surface area contributed by atoms with Crippen molar-refractivity contribution < 1.29 is 9.53 Å². The molecule has 2 aromatic heterocycles. The van der Waals surface area contributed by atoms with Gasteiger partial charge in [-0.25, -0.2) is 14.8 Å². The minimum atomic E-state index is -0.643. The highest BCUT2D eigenvalue weighted by atomic mass is 35.5. The van der Waals surface area contributed by atoms with E-state index in [2.05, 4.69) is 36.7 Å². The Morgan fingerprint density at radius 1 is 1.56 bits per heavy atom. The Morgan fingerprint density at radius 3 is 3.12 bits per heavy atom. The van der Waals surface area contributed by atoms with Gasteiger partial charge in [0.2, 0.25) is 0 Å². The van der Waals surface area contributed by atoms with E-state index in [9.17, 15) is 4.79 Å². The number of carbonyl (C=O) groups is 1. The molecule has 0 spiro atoms. The van der Waals surface area contributed by atoms with Crippen molar-refractivity contribution in [2.24, 2.45) is 0 Å². The lowest BCUT2D eigenvalue weighted by Crippen LogP contribution is -1.94. The first-order valence-corrected chi connectivity index (χ1v) is 4.54. The van der Waals surface area contributed by atoms with Crippen LogP contribution in [0.4, 0.5) is 0 Å². The molecule has 0 aliphatic heterocycles. The highest BCUT2D eigenvalue weighted by molar-refractivity contribution is 6.34. The van der Waals surface area contributed by atoms with Crippen LogP contribution in [0, 0.1) is 11.8 Å². The fraction of sp³-hybridized carbons (Fsp3) is 0.111. The summed E-state index contributed by atoms with van der Waals surface area (Å²) in [4.78, 5) is 18.5. The summed E-state index contributed by atoms with van der Waals surface area (Å²) in [5.41, 5.74) is 0.778. The van der Waals surface area contributed by atoms with Crippen LogP contribution in [0.5, 0.6) is 0 Å². The monoisotopic (exact) mass is 236 g/mol. The van der Waals surface area contributed by atoms with Crippen molar-refractivity contribution in [1.82, 2.24) is 20.2 Å². The first-order chi connectivity index (χ1) is 7.72. The molecule has 2 aromatic rings. The van der Waals surface area contributed by atoms with Gasteiger partial charge in [0.05, 0.1) is 12.5 Å². The Bertz CT molecular complexity index is 611. The molecule has 2 heterocycles. The number of fused-ring (bicyclic) bond motifs is 1. The zero-order chi connectivity index (χ0) is 11.5. The van der Waals surface area contributed by atoms with Gasteiger partial charge in [-0.05, 0) is 5.92 Å². The van der Waals surface area contributed by atoms with Crippen LogP contribution in [-0.4, -0.2) is 33.2 Å². The quantitative estimate of drug-likeness (QED) is 0.410. The highest BCUT2D eigenvalue weighted by Crippen LogP contribution is 2.19. The molecule has 16 heavy (non-hydrogen) atoms. The van der Waals surface area contributed by atoms with E-state index in [1.807, 2.05) is 0 Å². The Hall–Kier alpha value is -2.13. The number of halogens is 1. The molecule has 0 aromatic carbocycles. The number of methoxy groups -OCH3 is 1. The SMILES string of the molecule is COC(=O)C#Cc1[nH]nc2ncnc(Cl)c12. The fourth-order valence-corrected chi connectivity index (χ4v) is 1.30. The van der Waals surface area contributed by atoms with Gasteiger partial charge in [0, 0.05) is 5.92 Å². The third-order valence-corrected chi connectivity index (χ3v) is 2.07. The van der Waals surface area contributed by atoms with E-state index in [0.29, 0.717) is 16.7 Å². The number of nitrogens with zero attached hydrogens (tertiary/aromatic N) is 3. The van der Waals surface area contributed by atoms with Crippen molar-refractivity contribution >= 4 is 28.6 Å². The zero-order valence-electron chi connectivity index (χ0n) is 8.11. The summed E-state index contributed by atoms with van der Waals surface area (Å²) in [6.45, 7) is 0. The van der Waals surface area contributed by atoms with Gasteiger partial charge in [0.25, 0.3) is 0 Å². The molecule has 6 nitrogen and oxygen atoms in total. The molecule has 0 fully saturated rings. The summed E-state index contributed by atoms with van der Waals surface area (Å²) in [5.74, 6) is 4.17. The highest BCUT2D eigenvalue weighted by Gasteiger charge is 2.09. The summed E-state index contributed by atoms with van der Waals surface area (Å²) < 4.78 is 4.38. The van der Waals surface area contributed by atoms with Gasteiger partial charge >= 0.3 is 5.97 Å². The molecule has 1 N–H and O–H groups in total. The van der Waals surface area contributed by atoms with Crippen LogP contribution in [0.3, 0.4) is 0 Å². The maximum absolute atomic E-state index is 10.8. The minimum Gasteiger partial charge on any atom is -0.459 e. The van der Waals surface area contributed by atoms with E-state index in [4.69, 9.17) is 11.6 Å². The van der Waals surface area contributed by atoms with Gasteiger partial charge in [-0.3, -0.25) is 5.10 Å². The van der Waals surface area contributed by atoms with Crippen LogP contribution in [0.25, 0.3) is 11.0 Å². The predicted molar refractivity (Wildman–Crippen MR) is 55.6 cm³/mol. The molecule has 0 unspecified atom stereocenters. The average Bonchev–Trinajstić information content (AvgIpc) is 2.70. The smallest absolute Gasteiger partial charge is 0.384 e. The molecule has 2 rings (SSSR count). The Kier molecular flexibility index (Phi) is 2.70. The van der Waals surface area contributed by atoms with Gasteiger partial charge < -0.3 is 4.74 Å². The van der Waals surface area contributed by atoms with E-state index in [-0.39, 0.29) is 5.15 Å². The van der Waals surface area contributed by atoms with Crippen molar-refractivity contribution in [2.75, 3.05) is 7.11 Å². The van der Waals surface area contributed by atoms with Gasteiger partial charge in [0.1, 0.15) is 17.2 Å². The molecule has 0 aliphatic rings. The number of aromatic nitrogens is 4. The second kappa shape index (κ2) is 4.16. The Morgan fingerprint density at radius 2 is 2.38 bits per heavy atom. The largest absolute Gasteiger partial charge is 0.459 e. The number of aromatic amines is 1. The van der Waals surface area contributed by atoms with Crippen molar-refractivity contribution in [1.29, 1.82) is 0 Å². The molecular weight excluding hydrogens is 232 g/mol. The molecular formula is C9H5ClN4O2. The van der Waals surface area contributed by atoms with Gasteiger partial charge in [-0.1, -0.05) is 11.6 Å². The summed E-state index contributed by atoms with van der Waals surface area (Å²) in [6.07, 6.45) is 1.29. The van der Waals surface area contributed by atoms with Crippen LogP contribution >= 0.6 is 11.6 Å². The second-order valence-electron chi connectivity index (χ2n) is 2.70. The van der Waals surface area contributed by atoms with Crippen LogP contribution in [-0.2, 0) is 9.53 Å². The molecule has 7 heteroatoms. The molecule has 0 saturated heterocycles. The van der Waals surface area contributed by atoms with Gasteiger partial charge in [0.15, 0.2) is 5.65 Å². The summed E-state index contributed by atoms with van der Waals surface area (Å²) >= 11 is 5.86. The molecule has 0 aliphatic carbocycles. The van der Waals surface area contributed by atoms with E-state index >= 15 is 0 Å². The molecule has 0 saturated carbocycles. The molecule has 0 atom stereocenters. The van der Waals surface area contributed by atoms with E-state index in [0.717, 1.165) is 0 Å². The Labute approximate surface area is 95.0 Å². The topological polar surface area (TPSA) is 80.8 Å². The van der Waals surface area contributed by atoms with Crippen molar-refractivity contribution in [3.8, 4) is 11.8 Å². The summed E-state index contributed by atoms with van der Waals surface area (Å²) in [6, 6.07) is 0. The van der Waals surface area contributed by atoms with Crippen molar-refractivity contribution in [2.45, 2.75) is 0 Å². The van der Waals surface area contributed by atoms with Gasteiger partial charge in [-0.15, -0.1) is 0 Å². The lowest BCUT2D eigenvalue weighted by molar-refractivity contribution is -0.133. The number of carbonyl (C=O) groups excluding carboxylic acids is 1. The van der Waals surface area contributed by atoms with Crippen LogP contribution in [0.1, 0.15) is 5.69 Å². The van der Waals surface area contributed by atoms with E-state index < -0.39 is 5.97 Å². The first-order valence-electron chi connectivity index (χ1n) is 4.17. The third kappa shape index (κ3) is 1.81. The maximum Gasteiger partial charge on any atom is 0.384 e. The number of ether oxygens (including phenoxy) is 1. The predicted octanol–water partition coefficient (Wildman–Crippen LogP) is 0.531. The third-order valence-electron chi connectivity index (χ3n) is 1.78. The van der Waals surface area contributed by atoms with Gasteiger partial charge in [-0.2, -0.15) is 5.10 Å². The molecule has 80 valence electrons. The number of esters is 1. The Balaban J connectivity index is 2.53. The number of rotatable bonds is 0. The van der Waals surface area contributed by atoms with Crippen molar-refractivity contribution in [3.05, 3.63) is 17.2 Å². The lowest BCUT2D eigenvalue weighted by atomic mass is 10.3. The summed E-state index contributed by atoms with van der Waals surface area (Å²) in [7, 11) is 1.25.